The molecule has 112 valence electrons. The first-order valence-electron chi connectivity index (χ1n) is 6.02. The van der Waals surface area contributed by atoms with Gasteiger partial charge in [-0.2, -0.15) is 13.2 Å². The number of aliphatic hydroxyl groups is 1. The highest BCUT2D eigenvalue weighted by molar-refractivity contribution is 5.69. The molecule has 6 heteroatoms. The highest BCUT2D eigenvalue weighted by Crippen LogP contribution is 2.36. The third-order valence-corrected chi connectivity index (χ3v) is 3.03. The lowest BCUT2D eigenvalue weighted by molar-refractivity contribution is -0.137. The molecule has 0 radical (unpaired) electrons. The van der Waals surface area contributed by atoms with Crippen LogP contribution in [0.25, 0.3) is 11.1 Å². The third kappa shape index (κ3) is 3.39. The number of hydrogen-bond acceptors (Lipinski definition) is 1. The van der Waals surface area contributed by atoms with Gasteiger partial charge < -0.3 is 5.11 Å². The van der Waals surface area contributed by atoms with Crippen LogP contribution in [-0.4, -0.2) is 5.11 Å². The minimum Gasteiger partial charge on any atom is -0.392 e. The second kappa shape index (κ2) is 5.81. The van der Waals surface area contributed by atoms with Crippen molar-refractivity contribution in [2.45, 2.75) is 19.2 Å². The molecule has 2 aromatic carbocycles. The second-order valence-corrected chi connectivity index (χ2v) is 4.46. The SMILES string of the molecule is OCc1ccc(-c2cccc(C(F)(F)F)c2)c(C(F)F)c1. The number of hydrogen-bond donors (Lipinski definition) is 1. The molecule has 0 heterocycles. The molecule has 21 heavy (non-hydrogen) atoms. The molecule has 0 unspecified atom stereocenters. The van der Waals surface area contributed by atoms with Gasteiger partial charge in [0, 0.05) is 5.56 Å². The highest BCUT2D eigenvalue weighted by Gasteiger charge is 2.30. The fourth-order valence-corrected chi connectivity index (χ4v) is 2.02. The molecule has 2 aromatic rings. The number of alkyl halides is 5. The summed E-state index contributed by atoms with van der Waals surface area (Å²) >= 11 is 0. The van der Waals surface area contributed by atoms with E-state index in [4.69, 9.17) is 5.11 Å². The lowest BCUT2D eigenvalue weighted by Gasteiger charge is -2.13. The first-order valence-corrected chi connectivity index (χ1v) is 6.02. The summed E-state index contributed by atoms with van der Waals surface area (Å²) in [6.45, 7) is -0.414. The van der Waals surface area contributed by atoms with Crippen LogP contribution in [0.15, 0.2) is 42.5 Å². The molecule has 0 saturated carbocycles. The summed E-state index contributed by atoms with van der Waals surface area (Å²) in [6.07, 6.45) is -7.38. The molecular weight excluding hydrogens is 291 g/mol. The Bertz CT molecular complexity index is 634. The molecule has 0 spiro atoms. The predicted octanol–water partition coefficient (Wildman–Crippen LogP) is 4.80. The number of aliphatic hydroxyl groups excluding tert-OH is 1. The van der Waals surface area contributed by atoms with Crippen LogP contribution in [0.3, 0.4) is 0 Å². The maximum Gasteiger partial charge on any atom is 0.416 e. The summed E-state index contributed by atoms with van der Waals surface area (Å²) in [5.41, 5.74) is -0.939. The van der Waals surface area contributed by atoms with Gasteiger partial charge in [-0.25, -0.2) is 8.78 Å². The summed E-state index contributed by atoms with van der Waals surface area (Å²) in [7, 11) is 0. The van der Waals surface area contributed by atoms with Crippen molar-refractivity contribution in [1.82, 2.24) is 0 Å². The molecule has 0 amide bonds. The highest BCUT2D eigenvalue weighted by atomic mass is 19.4. The van der Waals surface area contributed by atoms with E-state index >= 15 is 0 Å². The molecule has 0 fully saturated rings. The molecule has 1 nitrogen and oxygen atoms in total. The van der Waals surface area contributed by atoms with E-state index < -0.39 is 30.3 Å². The summed E-state index contributed by atoms with van der Waals surface area (Å²) < 4.78 is 64.2. The van der Waals surface area contributed by atoms with Crippen molar-refractivity contribution in [2.75, 3.05) is 0 Å². The Hall–Kier alpha value is -1.95. The third-order valence-electron chi connectivity index (χ3n) is 3.03. The van der Waals surface area contributed by atoms with Gasteiger partial charge >= 0.3 is 6.18 Å². The fraction of sp³-hybridized carbons (Fsp3) is 0.200. The normalized spacial score (nSPS) is 12.0. The van der Waals surface area contributed by atoms with E-state index in [9.17, 15) is 22.0 Å². The Morgan fingerprint density at radius 1 is 1.00 bits per heavy atom. The second-order valence-electron chi connectivity index (χ2n) is 4.46. The Morgan fingerprint density at radius 2 is 1.71 bits per heavy atom. The molecule has 0 aliphatic carbocycles. The minimum atomic E-state index is -4.54. The summed E-state index contributed by atoms with van der Waals surface area (Å²) in [6, 6.07) is 8.03. The zero-order valence-corrected chi connectivity index (χ0v) is 10.7. The predicted molar refractivity (Wildman–Crippen MR) is 67.8 cm³/mol. The van der Waals surface area contributed by atoms with Gasteiger partial charge in [-0.3, -0.25) is 0 Å². The Kier molecular flexibility index (Phi) is 4.27. The van der Waals surface area contributed by atoms with Gasteiger partial charge in [0.2, 0.25) is 0 Å². The zero-order valence-electron chi connectivity index (χ0n) is 10.7. The van der Waals surface area contributed by atoms with Gasteiger partial charge in [-0.1, -0.05) is 24.3 Å². The number of halogens is 5. The van der Waals surface area contributed by atoms with Crippen LogP contribution in [-0.2, 0) is 12.8 Å². The van der Waals surface area contributed by atoms with Gasteiger partial charge in [-0.05, 0) is 34.9 Å². The average molecular weight is 302 g/mol. The van der Waals surface area contributed by atoms with Crippen LogP contribution in [0.4, 0.5) is 22.0 Å². The standard InChI is InChI=1S/C15H11F5O/c16-14(17)13-6-9(8-21)4-5-12(13)10-2-1-3-11(7-10)15(18,19)20/h1-7,14,21H,8H2. The summed E-state index contributed by atoms with van der Waals surface area (Å²) in [5, 5.41) is 8.96. The summed E-state index contributed by atoms with van der Waals surface area (Å²) in [5.74, 6) is 0. The quantitative estimate of drug-likeness (QED) is 0.807. The van der Waals surface area contributed by atoms with Crippen LogP contribution >= 0.6 is 0 Å². The van der Waals surface area contributed by atoms with Crippen LogP contribution in [0.1, 0.15) is 23.1 Å². The van der Waals surface area contributed by atoms with Gasteiger partial charge in [-0.15, -0.1) is 0 Å². The van der Waals surface area contributed by atoms with Crippen LogP contribution in [0.2, 0.25) is 0 Å². The summed E-state index contributed by atoms with van der Waals surface area (Å²) in [4.78, 5) is 0. The molecular formula is C15H11F5O. The van der Waals surface area contributed by atoms with Crippen molar-refractivity contribution < 1.29 is 27.1 Å². The van der Waals surface area contributed by atoms with Gasteiger partial charge in [0.25, 0.3) is 6.43 Å². The molecule has 1 N–H and O–H groups in total. The monoisotopic (exact) mass is 302 g/mol. The van der Waals surface area contributed by atoms with Crippen molar-refractivity contribution in [3.05, 3.63) is 59.2 Å². The number of rotatable bonds is 3. The lowest BCUT2D eigenvalue weighted by Crippen LogP contribution is -2.04. The van der Waals surface area contributed by atoms with E-state index in [1.165, 1.54) is 24.3 Å². The molecule has 2 rings (SSSR count). The van der Waals surface area contributed by atoms with E-state index in [1.54, 1.807) is 0 Å². The average Bonchev–Trinajstić information content (AvgIpc) is 2.45. The Labute approximate surface area is 117 Å². The first kappa shape index (κ1) is 15.4. The van der Waals surface area contributed by atoms with E-state index in [0.29, 0.717) is 0 Å². The van der Waals surface area contributed by atoms with Crippen molar-refractivity contribution in [2.24, 2.45) is 0 Å². The lowest BCUT2D eigenvalue weighted by atomic mass is 9.96. The van der Waals surface area contributed by atoms with Crippen molar-refractivity contribution in [1.29, 1.82) is 0 Å². The Balaban J connectivity index is 2.56. The van der Waals surface area contributed by atoms with E-state index in [-0.39, 0.29) is 16.7 Å². The van der Waals surface area contributed by atoms with E-state index in [2.05, 4.69) is 0 Å². The molecule has 0 saturated heterocycles. The van der Waals surface area contributed by atoms with Crippen molar-refractivity contribution in [3.8, 4) is 11.1 Å². The number of benzene rings is 2. The van der Waals surface area contributed by atoms with Crippen LogP contribution in [0, 0.1) is 0 Å². The Morgan fingerprint density at radius 3 is 2.29 bits per heavy atom. The maximum absolute atomic E-state index is 13.1. The van der Waals surface area contributed by atoms with Gasteiger partial charge in [0.1, 0.15) is 0 Å². The topological polar surface area (TPSA) is 20.2 Å². The fourth-order valence-electron chi connectivity index (χ4n) is 2.02. The molecule has 0 aromatic heterocycles. The maximum atomic E-state index is 13.1. The van der Waals surface area contributed by atoms with E-state index in [1.807, 2.05) is 0 Å². The van der Waals surface area contributed by atoms with Crippen molar-refractivity contribution in [3.63, 3.8) is 0 Å². The van der Waals surface area contributed by atoms with E-state index in [0.717, 1.165) is 18.2 Å². The van der Waals surface area contributed by atoms with Crippen LogP contribution < -0.4 is 0 Å². The first-order chi connectivity index (χ1) is 9.82. The largest absolute Gasteiger partial charge is 0.416 e. The van der Waals surface area contributed by atoms with Gasteiger partial charge in [0.05, 0.1) is 12.2 Å². The van der Waals surface area contributed by atoms with Crippen LogP contribution in [0.5, 0.6) is 0 Å². The minimum absolute atomic E-state index is 0.0216. The molecule has 0 aliphatic rings. The molecule has 0 aliphatic heterocycles. The van der Waals surface area contributed by atoms with Crippen molar-refractivity contribution >= 4 is 0 Å². The smallest absolute Gasteiger partial charge is 0.392 e. The van der Waals surface area contributed by atoms with Gasteiger partial charge in [0.15, 0.2) is 0 Å². The molecule has 0 atom stereocenters. The zero-order chi connectivity index (χ0) is 15.6. The molecule has 0 bridgehead atoms.